The van der Waals surface area contributed by atoms with Gasteiger partial charge in [0.1, 0.15) is 5.69 Å². The Hall–Kier alpha value is -1.38. The van der Waals surface area contributed by atoms with Gasteiger partial charge < -0.3 is 5.32 Å². The molecule has 1 aliphatic rings. The molecule has 2 rings (SSSR count). The number of halogens is 5. The number of nitrogens with one attached hydrogen (secondary N) is 1. The van der Waals surface area contributed by atoms with E-state index >= 15 is 0 Å². The smallest absolute Gasteiger partial charge is 0.200 e. The largest absolute Gasteiger partial charge is 0.376 e. The Balaban J connectivity index is 2.41. The maximum atomic E-state index is 13.5. The highest BCUT2D eigenvalue weighted by Gasteiger charge is 2.37. The van der Waals surface area contributed by atoms with E-state index in [1.807, 2.05) is 0 Å². The lowest BCUT2D eigenvalue weighted by Crippen LogP contribution is -2.35. The molecule has 2 unspecified atom stereocenters. The number of hydrogen-bond donors (Lipinski definition) is 1. The van der Waals surface area contributed by atoms with Crippen molar-refractivity contribution in [1.29, 1.82) is 0 Å². The lowest BCUT2D eigenvalue weighted by molar-refractivity contribution is 0.380. The normalized spacial score (nSPS) is 22.6. The van der Waals surface area contributed by atoms with E-state index in [9.17, 15) is 30.4 Å². The van der Waals surface area contributed by atoms with Gasteiger partial charge in [-0.25, -0.2) is 30.4 Å². The van der Waals surface area contributed by atoms with Crippen LogP contribution in [0.15, 0.2) is 0 Å². The van der Waals surface area contributed by atoms with Gasteiger partial charge in [0.25, 0.3) is 0 Å². The van der Waals surface area contributed by atoms with E-state index in [-0.39, 0.29) is 12.8 Å². The quantitative estimate of drug-likeness (QED) is 0.527. The molecule has 1 aromatic carbocycles. The van der Waals surface area contributed by atoms with Gasteiger partial charge in [0, 0.05) is 12.3 Å². The highest BCUT2D eigenvalue weighted by atomic mass is 32.2. The Bertz CT molecular complexity index is 648. The zero-order valence-corrected chi connectivity index (χ0v) is 11.7. The van der Waals surface area contributed by atoms with Crippen molar-refractivity contribution in [3.05, 3.63) is 29.1 Å². The molecule has 1 N–H and O–H groups in total. The van der Waals surface area contributed by atoms with Crippen LogP contribution < -0.4 is 5.32 Å². The number of sulfone groups is 1. The SMILES string of the molecule is CS(=O)(=O)C1CCCC1Nc1c(F)c(F)c(F)c(F)c1F. The van der Waals surface area contributed by atoms with Crippen molar-refractivity contribution >= 4 is 15.5 Å². The minimum Gasteiger partial charge on any atom is -0.376 e. The molecule has 0 aliphatic heterocycles. The molecule has 0 heterocycles. The van der Waals surface area contributed by atoms with Gasteiger partial charge >= 0.3 is 0 Å². The van der Waals surface area contributed by atoms with Gasteiger partial charge in [-0.1, -0.05) is 0 Å². The van der Waals surface area contributed by atoms with Crippen LogP contribution in [0.5, 0.6) is 0 Å². The molecule has 2 atom stereocenters. The van der Waals surface area contributed by atoms with Gasteiger partial charge in [0.2, 0.25) is 5.82 Å². The second-order valence-electron chi connectivity index (χ2n) is 4.99. The Morgan fingerprint density at radius 3 is 1.86 bits per heavy atom. The van der Waals surface area contributed by atoms with Crippen LogP contribution in [0.3, 0.4) is 0 Å². The molecule has 1 saturated carbocycles. The molecule has 118 valence electrons. The highest BCUT2D eigenvalue weighted by molar-refractivity contribution is 7.91. The Morgan fingerprint density at radius 1 is 0.905 bits per heavy atom. The van der Waals surface area contributed by atoms with Crippen LogP contribution >= 0.6 is 0 Å². The zero-order valence-electron chi connectivity index (χ0n) is 10.9. The first-order valence-electron chi connectivity index (χ1n) is 6.11. The molecule has 1 fully saturated rings. The van der Waals surface area contributed by atoms with Gasteiger partial charge in [0.15, 0.2) is 33.1 Å². The monoisotopic (exact) mass is 329 g/mol. The van der Waals surface area contributed by atoms with E-state index in [0.717, 1.165) is 6.26 Å². The van der Waals surface area contributed by atoms with Crippen LogP contribution in [0.1, 0.15) is 19.3 Å². The number of rotatable bonds is 3. The van der Waals surface area contributed by atoms with Gasteiger partial charge in [-0.15, -0.1) is 0 Å². The Morgan fingerprint density at radius 2 is 1.38 bits per heavy atom. The van der Waals surface area contributed by atoms with Gasteiger partial charge in [-0.05, 0) is 19.3 Å². The first kappa shape index (κ1) is 16.0. The van der Waals surface area contributed by atoms with Crippen LogP contribution in [0.25, 0.3) is 0 Å². The molecule has 1 aliphatic carbocycles. The van der Waals surface area contributed by atoms with Crippen molar-refractivity contribution in [1.82, 2.24) is 0 Å². The summed E-state index contributed by atoms with van der Waals surface area (Å²) in [5.41, 5.74) is -1.19. The van der Waals surface area contributed by atoms with Crippen LogP contribution in [0, 0.1) is 29.1 Å². The van der Waals surface area contributed by atoms with E-state index < -0.39 is 55.9 Å². The fourth-order valence-corrected chi connectivity index (χ4v) is 3.92. The third kappa shape index (κ3) is 2.83. The van der Waals surface area contributed by atoms with Crippen LogP contribution in [0.4, 0.5) is 27.6 Å². The average Bonchev–Trinajstić information content (AvgIpc) is 2.87. The summed E-state index contributed by atoms with van der Waals surface area (Å²) >= 11 is 0. The second kappa shape index (κ2) is 5.43. The highest BCUT2D eigenvalue weighted by Crippen LogP contribution is 2.32. The van der Waals surface area contributed by atoms with Crippen molar-refractivity contribution in [3.63, 3.8) is 0 Å². The number of benzene rings is 1. The summed E-state index contributed by atoms with van der Waals surface area (Å²) in [5, 5.41) is 1.24. The topological polar surface area (TPSA) is 46.2 Å². The average molecular weight is 329 g/mol. The van der Waals surface area contributed by atoms with E-state index in [4.69, 9.17) is 0 Å². The number of hydrogen-bond acceptors (Lipinski definition) is 3. The van der Waals surface area contributed by atoms with E-state index in [0.29, 0.717) is 6.42 Å². The maximum Gasteiger partial charge on any atom is 0.200 e. The predicted octanol–water partition coefficient (Wildman–Crippen LogP) is 2.76. The molecule has 0 bridgehead atoms. The summed E-state index contributed by atoms with van der Waals surface area (Å²) in [5.74, 6) is -10.4. The molecule has 0 aromatic heterocycles. The van der Waals surface area contributed by atoms with E-state index in [1.165, 1.54) is 0 Å². The maximum absolute atomic E-state index is 13.5. The number of anilines is 1. The van der Waals surface area contributed by atoms with Gasteiger partial charge in [-0.2, -0.15) is 0 Å². The molecule has 21 heavy (non-hydrogen) atoms. The predicted molar refractivity (Wildman–Crippen MR) is 66.1 cm³/mol. The summed E-state index contributed by atoms with van der Waals surface area (Å²) in [4.78, 5) is 0. The standard InChI is InChI=1S/C12H12F5NO2S/c1-21(19,20)6-4-2-3-5(6)18-12-10(16)8(14)7(13)9(15)11(12)17/h5-6,18H,2-4H2,1H3. The van der Waals surface area contributed by atoms with E-state index in [2.05, 4.69) is 5.32 Å². The second-order valence-corrected chi connectivity index (χ2v) is 7.26. The molecule has 0 spiro atoms. The van der Waals surface area contributed by atoms with Gasteiger partial charge in [-0.3, -0.25) is 0 Å². The molecular formula is C12H12F5NO2S. The Kier molecular flexibility index (Phi) is 4.14. The third-order valence-corrected chi connectivity index (χ3v) is 5.21. The van der Waals surface area contributed by atoms with Crippen molar-refractivity contribution in [2.24, 2.45) is 0 Å². The Labute approximate surface area is 118 Å². The molecule has 1 aromatic rings. The summed E-state index contributed by atoms with van der Waals surface area (Å²) < 4.78 is 89.3. The van der Waals surface area contributed by atoms with Crippen LogP contribution in [-0.4, -0.2) is 26.0 Å². The molecule has 0 amide bonds. The first-order chi connectivity index (χ1) is 9.64. The molecule has 0 radical (unpaired) electrons. The third-order valence-electron chi connectivity index (χ3n) is 3.54. The van der Waals surface area contributed by atoms with Crippen LogP contribution in [0.2, 0.25) is 0 Å². The van der Waals surface area contributed by atoms with Crippen molar-refractivity contribution < 1.29 is 30.4 Å². The summed E-state index contributed by atoms with van der Waals surface area (Å²) in [7, 11) is -3.49. The minimum atomic E-state index is -3.49. The zero-order chi connectivity index (χ0) is 15.9. The summed E-state index contributed by atoms with van der Waals surface area (Å²) in [6.45, 7) is 0. The van der Waals surface area contributed by atoms with E-state index in [1.54, 1.807) is 0 Å². The van der Waals surface area contributed by atoms with Crippen LogP contribution in [-0.2, 0) is 9.84 Å². The lowest BCUT2D eigenvalue weighted by atomic mass is 10.2. The lowest BCUT2D eigenvalue weighted by Gasteiger charge is -2.21. The first-order valence-corrected chi connectivity index (χ1v) is 8.07. The fraction of sp³-hybridized carbons (Fsp3) is 0.500. The minimum absolute atomic E-state index is 0.261. The summed E-state index contributed by atoms with van der Waals surface area (Å²) in [6.07, 6.45) is 1.98. The molecular weight excluding hydrogens is 317 g/mol. The van der Waals surface area contributed by atoms with Gasteiger partial charge in [0.05, 0.1) is 5.25 Å². The van der Waals surface area contributed by atoms with Crippen molar-refractivity contribution in [2.45, 2.75) is 30.6 Å². The molecule has 9 heteroatoms. The van der Waals surface area contributed by atoms with Crippen molar-refractivity contribution in [3.8, 4) is 0 Å². The molecule has 0 saturated heterocycles. The van der Waals surface area contributed by atoms with Crippen molar-refractivity contribution in [2.75, 3.05) is 11.6 Å². The summed E-state index contributed by atoms with van der Waals surface area (Å²) in [6, 6.07) is -0.895. The fourth-order valence-electron chi connectivity index (χ4n) is 2.52. The molecule has 3 nitrogen and oxygen atoms in total.